The summed E-state index contributed by atoms with van der Waals surface area (Å²) in [5.41, 5.74) is 3.68. The number of ether oxygens (including phenoxy) is 1. The molecule has 1 saturated carbocycles. The van der Waals surface area contributed by atoms with Crippen LogP contribution in [0.3, 0.4) is 0 Å². The van der Waals surface area contributed by atoms with Gasteiger partial charge in [-0.25, -0.2) is 9.59 Å². The smallest absolute Gasteiger partial charge is 0.412 e. The number of anilines is 1. The normalized spacial score (nSPS) is 22.8. The number of nitrogens with zero attached hydrogens (tertiary/aromatic N) is 5. The summed E-state index contributed by atoms with van der Waals surface area (Å²) in [5, 5.41) is 11.1. The minimum absolute atomic E-state index is 0.215. The Labute approximate surface area is 285 Å². The summed E-state index contributed by atoms with van der Waals surface area (Å²) in [6, 6.07) is 11.5. The van der Waals surface area contributed by atoms with Crippen molar-refractivity contribution >= 4 is 45.5 Å². The fraction of sp³-hybridized carbons (Fsp3) is 0.541. The molecule has 7 rings (SSSR count). The number of piperidine rings is 2. The molecule has 3 amide bonds. The van der Waals surface area contributed by atoms with Crippen molar-refractivity contribution in [2.75, 3.05) is 25.0 Å². The van der Waals surface area contributed by atoms with Crippen LogP contribution in [0.1, 0.15) is 95.7 Å². The highest BCUT2D eigenvalue weighted by Crippen LogP contribution is 2.37. The van der Waals surface area contributed by atoms with Crippen LogP contribution < -0.4 is 16.3 Å². The Morgan fingerprint density at radius 3 is 2.47 bits per heavy atom. The Hall–Kier alpha value is -4.45. The molecule has 0 bridgehead atoms. The summed E-state index contributed by atoms with van der Waals surface area (Å²) in [7, 11) is 1.79. The van der Waals surface area contributed by atoms with Crippen LogP contribution in [-0.2, 0) is 21.4 Å². The zero-order chi connectivity index (χ0) is 34.4. The second kappa shape index (κ2) is 13.1. The Morgan fingerprint density at radius 1 is 1.00 bits per heavy atom. The maximum absolute atomic E-state index is 13.4. The standard InChI is InChI=1S/C37H47N7O5/c1-37(2,3)49-35(47)38-26-10-13-29-25(20-26)22-43(40-29)27-11-8-23(9-12-27)21-42-18-16-24(17-19-42)28-6-5-7-30-33(28)41(4)36(48)44(30)31-14-15-32(45)39-34(31)46/h5-7,10,13,20,22-24,27,31H,8-9,11-12,14-19,21H2,1-4H3,(H,38,47)(H,39,45,46). The van der Waals surface area contributed by atoms with Gasteiger partial charge in [-0.15, -0.1) is 0 Å². The van der Waals surface area contributed by atoms with E-state index in [9.17, 15) is 19.2 Å². The molecule has 1 atom stereocenters. The van der Waals surface area contributed by atoms with Crippen LogP contribution in [0.15, 0.2) is 47.4 Å². The fourth-order valence-corrected chi connectivity index (χ4v) is 8.14. The number of hydrogen-bond acceptors (Lipinski definition) is 7. The van der Waals surface area contributed by atoms with E-state index in [1.165, 1.54) is 18.4 Å². The number of nitrogens with one attached hydrogen (secondary N) is 2. The van der Waals surface area contributed by atoms with E-state index in [0.29, 0.717) is 30.0 Å². The number of aromatic nitrogens is 4. The molecule has 4 heterocycles. The topological polar surface area (TPSA) is 132 Å². The number of hydrogen-bond donors (Lipinski definition) is 2. The number of likely N-dealkylation sites (tertiary alicyclic amines) is 1. The first-order valence-corrected chi connectivity index (χ1v) is 17.7. The second-order valence-electron chi connectivity index (χ2n) is 15.2. The molecular formula is C37H47N7O5. The molecule has 1 aliphatic carbocycles. The van der Waals surface area contributed by atoms with Crippen molar-refractivity contribution in [1.29, 1.82) is 0 Å². The maximum Gasteiger partial charge on any atom is 0.412 e. The number of carbonyl (C=O) groups excluding carboxylic acids is 3. The van der Waals surface area contributed by atoms with Gasteiger partial charge in [0.1, 0.15) is 11.6 Å². The summed E-state index contributed by atoms with van der Waals surface area (Å²) < 4.78 is 10.8. The van der Waals surface area contributed by atoms with Crippen molar-refractivity contribution < 1.29 is 19.1 Å². The van der Waals surface area contributed by atoms with E-state index in [1.807, 2.05) is 51.1 Å². The van der Waals surface area contributed by atoms with Crippen molar-refractivity contribution in [3.8, 4) is 0 Å². The van der Waals surface area contributed by atoms with Crippen molar-refractivity contribution in [1.82, 2.24) is 29.1 Å². The third kappa shape index (κ3) is 6.88. The predicted octanol–water partition coefficient (Wildman–Crippen LogP) is 5.63. The van der Waals surface area contributed by atoms with E-state index in [1.54, 1.807) is 16.2 Å². The van der Waals surface area contributed by atoms with E-state index >= 15 is 0 Å². The SMILES string of the molecule is Cn1c(=O)n(C2CCC(=O)NC2=O)c2cccc(C3CCN(CC4CCC(n5cc6cc(NC(=O)OC(C)(C)C)ccc6n5)CC4)CC3)c21. The van der Waals surface area contributed by atoms with Crippen molar-refractivity contribution in [2.24, 2.45) is 13.0 Å². The van der Waals surface area contributed by atoms with Crippen LogP contribution in [0.25, 0.3) is 21.9 Å². The van der Waals surface area contributed by atoms with Crippen molar-refractivity contribution in [3.63, 3.8) is 0 Å². The Bertz CT molecular complexity index is 1950. The monoisotopic (exact) mass is 669 g/mol. The van der Waals surface area contributed by atoms with Gasteiger partial charge in [0.2, 0.25) is 11.8 Å². The molecule has 12 nitrogen and oxygen atoms in total. The highest BCUT2D eigenvalue weighted by Gasteiger charge is 2.33. The number of imide groups is 1. The summed E-state index contributed by atoms with van der Waals surface area (Å²) >= 11 is 0. The molecular weight excluding hydrogens is 622 g/mol. The van der Waals surface area contributed by atoms with Gasteiger partial charge in [-0.05, 0) is 120 Å². The lowest BCUT2D eigenvalue weighted by molar-refractivity contribution is -0.135. The van der Waals surface area contributed by atoms with Gasteiger partial charge in [0.05, 0.1) is 22.6 Å². The Morgan fingerprint density at radius 2 is 1.76 bits per heavy atom. The van der Waals surface area contributed by atoms with Gasteiger partial charge in [-0.2, -0.15) is 5.10 Å². The van der Waals surface area contributed by atoms with Crippen LogP contribution >= 0.6 is 0 Å². The molecule has 2 aromatic heterocycles. The van der Waals surface area contributed by atoms with Crippen molar-refractivity contribution in [2.45, 2.75) is 95.7 Å². The quantitative estimate of drug-likeness (QED) is 0.255. The van der Waals surface area contributed by atoms with E-state index in [0.717, 1.165) is 67.3 Å². The summed E-state index contributed by atoms with van der Waals surface area (Å²) in [6.45, 7) is 8.69. The second-order valence-corrected chi connectivity index (χ2v) is 15.2. The number of benzene rings is 2. The molecule has 0 radical (unpaired) electrons. The minimum atomic E-state index is -0.672. The number of imidazole rings is 1. The minimum Gasteiger partial charge on any atom is -0.444 e. The van der Waals surface area contributed by atoms with Gasteiger partial charge in [-0.3, -0.25) is 34.0 Å². The first-order chi connectivity index (χ1) is 23.4. The van der Waals surface area contributed by atoms with E-state index in [2.05, 4.69) is 32.5 Å². The van der Waals surface area contributed by atoms with E-state index < -0.39 is 23.6 Å². The third-order valence-corrected chi connectivity index (χ3v) is 10.6. The van der Waals surface area contributed by atoms with Gasteiger partial charge in [0.15, 0.2) is 0 Å². The Balaban J connectivity index is 0.939. The lowest BCUT2D eigenvalue weighted by atomic mass is 9.84. The van der Waals surface area contributed by atoms with Crippen molar-refractivity contribution in [3.05, 3.63) is 58.6 Å². The lowest BCUT2D eigenvalue weighted by Gasteiger charge is -2.37. The first kappa shape index (κ1) is 33.1. The van der Waals surface area contributed by atoms with Crippen LogP contribution in [0.4, 0.5) is 10.5 Å². The van der Waals surface area contributed by atoms with E-state index in [-0.39, 0.29) is 18.0 Å². The first-order valence-electron chi connectivity index (χ1n) is 17.7. The van der Waals surface area contributed by atoms with Crippen LogP contribution in [0.2, 0.25) is 0 Å². The molecule has 0 spiro atoms. The largest absolute Gasteiger partial charge is 0.444 e. The van der Waals surface area contributed by atoms with Gasteiger partial charge in [0.25, 0.3) is 0 Å². The molecule has 3 fully saturated rings. The molecule has 12 heteroatoms. The van der Waals surface area contributed by atoms with Crippen LogP contribution in [-0.4, -0.2) is 67.0 Å². The molecule has 260 valence electrons. The molecule has 3 aliphatic rings. The molecule has 49 heavy (non-hydrogen) atoms. The number of carbonyl (C=O) groups is 3. The van der Waals surface area contributed by atoms with Gasteiger partial charge < -0.3 is 9.64 Å². The summed E-state index contributed by atoms with van der Waals surface area (Å²) in [5.74, 6) is 0.314. The lowest BCUT2D eigenvalue weighted by Crippen LogP contribution is -2.44. The van der Waals surface area contributed by atoms with Crippen LogP contribution in [0, 0.1) is 5.92 Å². The molecule has 2 aliphatic heterocycles. The number of para-hydroxylation sites is 1. The molecule has 4 aromatic rings. The third-order valence-electron chi connectivity index (χ3n) is 10.6. The van der Waals surface area contributed by atoms with Gasteiger partial charge >= 0.3 is 11.8 Å². The zero-order valence-electron chi connectivity index (χ0n) is 28.9. The average molecular weight is 670 g/mol. The zero-order valence-corrected chi connectivity index (χ0v) is 28.9. The Kier molecular flexibility index (Phi) is 8.85. The predicted molar refractivity (Wildman–Crippen MR) is 188 cm³/mol. The van der Waals surface area contributed by atoms with Gasteiger partial charge in [0, 0.05) is 37.3 Å². The highest BCUT2D eigenvalue weighted by atomic mass is 16.6. The van der Waals surface area contributed by atoms with Gasteiger partial charge in [-0.1, -0.05) is 12.1 Å². The molecule has 2 N–H and O–H groups in total. The number of aryl methyl sites for hydroxylation is 1. The van der Waals surface area contributed by atoms with E-state index in [4.69, 9.17) is 9.84 Å². The summed E-state index contributed by atoms with van der Waals surface area (Å²) in [4.78, 5) is 52.6. The summed E-state index contributed by atoms with van der Waals surface area (Å²) in [6.07, 6.45) is 8.78. The number of amides is 3. The molecule has 2 aromatic carbocycles. The molecule has 1 unspecified atom stereocenters. The highest BCUT2D eigenvalue weighted by molar-refractivity contribution is 6.00. The number of rotatable bonds is 6. The molecule has 2 saturated heterocycles. The average Bonchev–Trinajstić information content (AvgIpc) is 3.59. The van der Waals surface area contributed by atoms with Crippen LogP contribution in [0.5, 0.6) is 0 Å². The fourth-order valence-electron chi connectivity index (χ4n) is 8.14. The number of fused-ring (bicyclic) bond motifs is 2. The maximum atomic E-state index is 13.4.